The molecule has 1 aliphatic carbocycles. The van der Waals surface area contributed by atoms with Gasteiger partial charge >= 0.3 is 5.97 Å². The van der Waals surface area contributed by atoms with Crippen molar-refractivity contribution >= 4 is 39.1 Å². The molecule has 0 radical (unpaired) electrons. The largest absolute Gasteiger partial charge is 0.465 e. The van der Waals surface area contributed by atoms with Crippen molar-refractivity contribution in [2.24, 2.45) is 5.92 Å². The number of thiophene rings is 1. The summed E-state index contributed by atoms with van der Waals surface area (Å²) in [6, 6.07) is 17.5. The Kier molecular flexibility index (Phi) is 5.92. The Morgan fingerprint density at radius 2 is 1.79 bits per heavy atom. The third-order valence-corrected chi connectivity index (χ3v) is 7.71. The van der Waals surface area contributed by atoms with Crippen LogP contribution in [0, 0.1) is 12.8 Å². The van der Waals surface area contributed by atoms with Gasteiger partial charge in [0.05, 0.1) is 29.4 Å². The molecule has 4 aromatic rings. The van der Waals surface area contributed by atoms with Crippen molar-refractivity contribution in [3.8, 4) is 11.3 Å². The van der Waals surface area contributed by atoms with Gasteiger partial charge in [0.25, 0.3) is 5.91 Å². The van der Waals surface area contributed by atoms with Crippen LogP contribution in [-0.2, 0) is 17.6 Å². The number of nitrogens with zero attached hydrogens (tertiary/aromatic N) is 1. The molecule has 0 unspecified atom stereocenters. The average molecular weight is 471 g/mol. The van der Waals surface area contributed by atoms with E-state index in [0.29, 0.717) is 22.0 Å². The number of anilines is 1. The summed E-state index contributed by atoms with van der Waals surface area (Å²) in [6.45, 7) is 4.15. The molecule has 0 saturated heterocycles. The lowest BCUT2D eigenvalue weighted by Crippen LogP contribution is -2.17. The molecule has 0 spiro atoms. The van der Waals surface area contributed by atoms with Gasteiger partial charge in [0.1, 0.15) is 5.00 Å². The number of carbonyl (C=O) groups is 2. The number of pyridine rings is 1. The van der Waals surface area contributed by atoms with Crippen LogP contribution in [-0.4, -0.2) is 24.0 Å². The summed E-state index contributed by atoms with van der Waals surface area (Å²) in [6.07, 6.45) is 2.76. The number of fused-ring (bicyclic) bond motifs is 2. The predicted molar refractivity (Wildman–Crippen MR) is 137 cm³/mol. The molecule has 1 atom stereocenters. The van der Waals surface area contributed by atoms with E-state index in [1.807, 2.05) is 61.5 Å². The van der Waals surface area contributed by atoms with E-state index in [1.165, 1.54) is 18.4 Å². The van der Waals surface area contributed by atoms with Crippen LogP contribution in [0.15, 0.2) is 54.6 Å². The number of benzene rings is 2. The fraction of sp³-hybridized carbons (Fsp3) is 0.250. The van der Waals surface area contributed by atoms with E-state index < -0.39 is 5.97 Å². The van der Waals surface area contributed by atoms with Gasteiger partial charge in [-0.3, -0.25) is 4.79 Å². The first-order valence-electron chi connectivity index (χ1n) is 11.5. The molecule has 5 nitrogen and oxygen atoms in total. The van der Waals surface area contributed by atoms with Crippen LogP contribution in [0.5, 0.6) is 0 Å². The molecule has 172 valence electrons. The SMILES string of the molecule is COC(=O)c1c(NC(=O)c2c(C)c(-c3ccccc3)nc3ccccc23)sc2c1CC[C@@H](C)C2. The summed E-state index contributed by atoms with van der Waals surface area (Å²) < 4.78 is 5.09. The fourth-order valence-corrected chi connectivity index (χ4v) is 6.19. The minimum Gasteiger partial charge on any atom is -0.465 e. The molecule has 2 aromatic carbocycles. The second kappa shape index (κ2) is 9.03. The average Bonchev–Trinajstić information content (AvgIpc) is 3.20. The van der Waals surface area contributed by atoms with Crippen molar-refractivity contribution in [2.75, 3.05) is 12.4 Å². The van der Waals surface area contributed by atoms with Crippen molar-refractivity contribution in [3.63, 3.8) is 0 Å². The topological polar surface area (TPSA) is 68.3 Å². The maximum absolute atomic E-state index is 13.8. The molecule has 1 N–H and O–H groups in total. The molecule has 5 rings (SSSR count). The number of esters is 1. The van der Waals surface area contributed by atoms with Gasteiger partial charge in [-0.25, -0.2) is 9.78 Å². The van der Waals surface area contributed by atoms with E-state index in [4.69, 9.17) is 9.72 Å². The van der Waals surface area contributed by atoms with Crippen LogP contribution in [0.1, 0.15) is 50.1 Å². The summed E-state index contributed by atoms with van der Waals surface area (Å²) in [4.78, 5) is 32.5. The van der Waals surface area contributed by atoms with E-state index in [9.17, 15) is 9.59 Å². The number of carbonyl (C=O) groups excluding carboxylic acids is 2. The first-order valence-corrected chi connectivity index (χ1v) is 12.3. The highest BCUT2D eigenvalue weighted by atomic mass is 32.1. The standard InChI is InChI=1S/C28H26N2O3S/c1-16-13-14-20-22(15-16)34-27(24(20)28(32)33-3)30-26(31)23-17(2)25(18-9-5-4-6-10-18)29-21-12-8-7-11-19(21)23/h4-12,16H,13-15H2,1-3H3,(H,30,31)/t16-/m1/s1. The van der Waals surface area contributed by atoms with Crippen molar-refractivity contribution in [3.05, 3.63) is 81.7 Å². The van der Waals surface area contributed by atoms with Crippen LogP contribution in [0.2, 0.25) is 0 Å². The molecule has 0 saturated carbocycles. The molecule has 2 heterocycles. The summed E-state index contributed by atoms with van der Waals surface area (Å²) in [7, 11) is 1.39. The van der Waals surface area contributed by atoms with Gasteiger partial charge in [-0.05, 0) is 49.3 Å². The van der Waals surface area contributed by atoms with Gasteiger partial charge in [0.15, 0.2) is 0 Å². The Bertz CT molecular complexity index is 1410. The molecule has 0 fully saturated rings. The zero-order valence-electron chi connectivity index (χ0n) is 19.5. The first-order chi connectivity index (χ1) is 16.5. The van der Waals surface area contributed by atoms with Crippen LogP contribution in [0.4, 0.5) is 5.00 Å². The molecule has 0 aliphatic heterocycles. The normalized spacial score (nSPS) is 15.1. The maximum atomic E-state index is 13.8. The third-order valence-electron chi connectivity index (χ3n) is 6.54. The number of hydrogen-bond donors (Lipinski definition) is 1. The van der Waals surface area contributed by atoms with E-state index in [1.54, 1.807) is 0 Å². The molecule has 1 aliphatic rings. The van der Waals surface area contributed by atoms with Gasteiger partial charge < -0.3 is 10.1 Å². The van der Waals surface area contributed by atoms with Crippen molar-refractivity contribution in [1.29, 1.82) is 0 Å². The highest BCUT2D eigenvalue weighted by Crippen LogP contribution is 2.40. The van der Waals surface area contributed by atoms with Crippen molar-refractivity contribution < 1.29 is 14.3 Å². The van der Waals surface area contributed by atoms with E-state index in [-0.39, 0.29) is 5.91 Å². The van der Waals surface area contributed by atoms with Gasteiger partial charge in [-0.2, -0.15) is 0 Å². The van der Waals surface area contributed by atoms with Crippen molar-refractivity contribution in [1.82, 2.24) is 4.98 Å². The van der Waals surface area contributed by atoms with Gasteiger partial charge in [-0.1, -0.05) is 55.5 Å². The Labute approximate surface area is 202 Å². The number of ether oxygens (including phenoxy) is 1. The van der Waals surface area contributed by atoms with Crippen LogP contribution in [0.3, 0.4) is 0 Å². The van der Waals surface area contributed by atoms with Crippen LogP contribution < -0.4 is 5.32 Å². The maximum Gasteiger partial charge on any atom is 0.341 e. The van der Waals surface area contributed by atoms with Crippen molar-refractivity contribution in [2.45, 2.75) is 33.1 Å². The highest BCUT2D eigenvalue weighted by molar-refractivity contribution is 7.17. The monoisotopic (exact) mass is 470 g/mol. The Hall–Kier alpha value is -3.51. The van der Waals surface area contributed by atoms with E-state index in [0.717, 1.165) is 57.4 Å². The number of aromatic nitrogens is 1. The van der Waals surface area contributed by atoms with Gasteiger partial charge in [-0.15, -0.1) is 11.3 Å². The quantitative estimate of drug-likeness (QED) is 0.349. The fourth-order valence-electron chi connectivity index (χ4n) is 4.80. The molecule has 34 heavy (non-hydrogen) atoms. The number of para-hydroxylation sites is 1. The first kappa shape index (κ1) is 22.3. The molecule has 0 bridgehead atoms. The molecular weight excluding hydrogens is 444 g/mol. The minimum absolute atomic E-state index is 0.245. The zero-order valence-corrected chi connectivity index (χ0v) is 20.3. The van der Waals surface area contributed by atoms with Crippen LogP contribution in [0.25, 0.3) is 22.2 Å². The molecule has 6 heteroatoms. The lowest BCUT2D eigenvalue weighted by atomic mass is 9.88. The summed E-state index contributed by atoms with van der Waals surface area (Å²) in [5, 5.41) is 4.43. The molecular formula is C28H26N2O3S. The Morgan fingerprint density at radius 1 is 1.06 bits per heavy atom. The Balaban J connectivity index is 1.63. The number of amides is 1. The summed E-state index contributed by atoms with van der Waals surface area (Å²) >= 11 is 1.50. The second-order valence-corrected chi connectivity index (χ2v) is 9.95. The Morgan fingerprint density at radius 3 is 2.56 bits per heavy atom. The lowest BCUT2D eigenvalue weighted by Gasteiger charge is -2.18. The predicted octanol–water partition coefficient (Wildman–Crippen LogP) is 6.44. The number of methoxy groups -OCH3 is 1. The second-order valence-electron chi connectivity index (χ2n) is 8.85. The van der Waals surface area contributed by atoms with E-state index in [2.05, 4.69) is 12.2 Å². The van der Waals surface area contributed by atoms with Gasteiger partial charge in [0.2, 0.25) is 0 Å². The number of nitrogens with one attached hydrogen (secondary N) is 1. The minimum atomic E-state index is -0.399. The number of rotatable bonds is 4. The smallest absolute Gasteiger partial charge is 0.341 e. The molecule has 2 aromatic heterocycles. The zero-order chi connectivity index (χ0) is 23.8. The molecule has 1 amide bonds. The van der Waals surface area contributed by atoms with Gasteiger partial charge in [0, 0.05) is 15.8 Å². The van der Waals surface area contributed by atoms with E-state index >= 15 is 0 Å². The highest BCUT2D eigenvalue weighted by Gasteiger charge is 2.30. The van der Waals surface area contributed by atoms with Crippen LogP contribution >= 0.6 is 11.3 Å². The summed E-state index contributed by atoms with van der Waals surface area (Å²) in [5.74, 6) is -0.0891. The lowest BCUT2D eigenvalue weighted by molar-refractivity contribution is 0.0601. The third kappa shape index (κ3) is 3.88. The number of hydrogen-bond acceptors (Lipinski definition) is 5. The summed E-state index contributed by atoms with van der Waals surface area (Å²) in [5.41, 5.74) is 5.38.